The number of hydrogen-bond acceptors (Lipinski definition) is 6. The first-order valence-corrected chi connectivity index (χ1v) is 4.88. The Morgan fingerprint density at radius 3 is 1.71 bits per heavy atom. The van der Waals surface area contributed by atoms with Crippen molar-refractivity contribution in [3.63, 3.8) is 0 Å². The molecule has 0 atom stereocenters. The van der Waals surface area contributed by atoms with Crippen LogP contribution in [0.3, 0.4) is 0 Å². The van der Waals surface area contributed by atoms with Gasteiger partial charge >= 0.3 is 12.2 Å². The number of carbonyl (C=O) groups excluding carboxylic acids is 4. The summed E-state index contributed by atoms with van der Waals surface area (Å²) in [7, 11) is 0. The van der Waals surface area contributed by atoms with E-state index in [1.807, 2.05) is 0 Å². The minimum Gasteiger partial charge on any atom is -0.449 e. The topological polar surface area (TPSA) is 116 Å². The first-order valence-electron chi connectivity index (χ1n) is 4.88. The highest BCUT2D eigenvalue weighted by Gasteiger charge is 2.31. The van der Waals surface area contributed by atoms with Crippen LogP contribution >= 0.6 is 0 Å². The molecule has 0 radical (unpaired) electrons. The van der Waals surface area contributed by atoms with E-state index in [0.717, 1.165) is 0 Å². The predicted molar refractivity (Wildman–Crippen MR) is 54.7 cm³/mol. The summed E-state index contributed by atoms with van der Waals surface area (Å²) in [5.74, 6) is -2.05. The van der Waals surface area contributed by atoms with Crippen LogP contribution in [0.4, 0.5) is 9.59 Å². The number of carbonyl (C=O) groups is 4. The zero-order valence-electron chi connectivity index (χ0n) is 9.60. The second-order valence-electron chi connectivity index (χ2n) is 2.77. The van der Waals surface area contributed by atoms with E-state index in [9.17, 15) is 19.2 Å². The van der Waals surface area contributed by atoms with Gasteiger partial charge in [0, 0.05) is 0 Å². The van der Waals surface area contributed by atoms with Gasteiger partial charge in [0.15, 0.2) is 0 Å². The van der Waals surface area contributed by atoms with Crippen molar-refractivity contribution in [2.75, 3.05) is 13.2 Å². The van der Waals surface area contributed by atoms with Crippen molar-refractivity contribution in [2.24, 2.45) is 5.73 Å². The van der Waals surface area contributed by atoms with Crippen LogP contribution in [0.25, 0.3) is 0 Å². The Balaban J connectivity index is 4.83. The van der Waals surface area contributed by atoms with Crippen molar-refractivity contribution in [3.05, 3.63) is 0 Å². The van der Waals surface area contributed by atoms with E-state index in [1.165, 1.54) is 13.8 Å². The number of nitrogens with two attached hydrogens (primary N) is 1. The Labute approximate surface area is 97.6 Å². The fraction of sp³-hybridized carbons (Fsp3) is 0.556. The molecule has 0 aromatic rings. The fourth-order valence-electron chi connectivity index (χ4n) is 0.882. The van der Waals surface area contributed by atoms with Crippen LogP contribution in [0.2, 0.25) is 0 Å². The summed E-state index contributed by atoms with van der Waals surface area (Å²) in [4.78, 5) is 44.7. The molecule has 0 aromatic carbocycles. The molecule has 0 bridgehead atoms. The van der Waals surface area contributed by atoms with Gasteiger partial charge in [-0.2, -0.15) is 0 Å². The second kappa shape index (κ2) is 7.20. The molecule has 17 heavy (non-hydrogen) atoms. The number of primary amides is 1. The van der Waals surface area contributed by atoms with E-state index in [2.05, 4.69) is 9.47 Å². The van der Waals surface area contributed by atoms with Gasteiger partial charge in [0.1, 0.15) is 6.42 Å². The van der Waals surface area contributed by atoms with Crippen molar-refractivity contribution < 1.29 is 28.7 Å². The summed E-state index contributed by atoms with van der Waals surface area (Å²) >= 11 is 0. The average molecular weight is 246 g/mol. The summed E-state index contributed by atoms with van der Waals surface area (Å²) in [6.07, 6.45) is -3.17. The number of ether oxygens (including phenoxy) is 2. The van der Waals surface area contributed by atoms with Crippen LogP contribution in [0.1, 0.15) is 20.3 Å². The van der Waals surface area contributed by atoms with Gasteiger partial charge in [0.05, 0.1) is 13.2 Å². The monoisotopic (exact) mass is 246 g/mol. The lowest BCUT2D eigenvalue weighted by Gasteiger charge is -2.16. The van der Waals surface area contributed by atoms with E-state index in [1.54, 1.807) is 0 Å². The zero-order valence-corrected chi connectivity index (χ0v) is 9.60. The van der Waals surface area contributed by atoms with E-state index < -0.39 is 30.4 Å². The molecule has 8 nitrogen and oxygen atoms in total. The molecule has 0 aromatic heterocycles. The third-order valence-electron chi connectivity index (χ3n) is 1.48. The second-order valence-corrected chi connectivity index (χ2v) is 2.77. The van der Waals surface area contributed by atoms with E-state index in [0.29, 0.717) is 0 Å². The first-order chi connectivity index (χ1) is 7.93. The zero-order chi connectivity index (χ0) is 13.4. The Morgan fingerprint density at radius 2 is 1.41 bits per heavy atom. The van der Waals surface area contributed by atoms with Crippen LogP contribution in [0.5, 0.6) is 0 Å². The van der Waals surface area contributed by atoms with Gasteiger partial charge in [-0.3, -0.25) is 9.59 Å². The molecule has 8 heteroatoms. The Hall–Kier alpha value is -2.12. The highest BCUT2D eigenvalue weighted by Crippen LogP contribution is 2.02. The molecule has 96 valence electrons. The molecule has 0 rings (SSSR count). The molecular formula is C9H14N2O6. The lowest BCUT2D eigenvalue weighted by atomic mass is 10.3. The quantitative estimate of drug-likeness (QED) is 0.698. The van der Waals surface area contributed by atoms with Gasteiger partial charge in [-0.15, -0.1) is 4.90 Å². The van der Waals surface area contributed by atoms with Crippen molar-refractivity contribution >= 4 is 24.0 Å². The molecule has 4 amide bonds. The third kappa shape index (κ3) is 4.96. The van der Waals surface area contributed by atoms with Crippen molar-refractivity contribution in [3.8, 4) is 0 Å². The van der Waals surface area contributed by atoms with Crippen molar-refractivity contribution in [2.45, 2.75) is 20.3 Å². The molecule has 0 saturated heterocycles. The third-order valence-corrected chi connectivity index (χ3v) is 1.48. The van der Waals surface area contributed by atoms with E-state index in [-0.39, 0.29) is 18.1 Å². The van der Waals surface area contributed by atoms with Gasteiger partial charge in [-0.05, 0) is 13.8 Å². The fourth-order valence-corrected chi connectivity index (χ4v) is 0.882. The van der Waals surface area contributed by atoms with Crippen molar-refractivity contribution in [1.82, 2.24) is 4.90 Å². The Bertz CT molecular complexity index is 309. The average Bonchev–Trinajstić information content (AvgIpc) is 2.17. The largest absolute Gasteiger partial charge is 0.449 e. The summed E-state index contributed by atoms with van der Waals surface area (Å²) in [5, 5.41) is 0. The maximum atomic E-state index is 11.4. The normalized spacial score (nSPS) is 9.29. The number of imide groups is 3. The van der Waals surface area contributed by atoms with Crippen LogP contribution in [0, 0.1) is 0 Å². The molecule has 0 aliphatic carbocycles. The Kier molecular flexibility index (Phi) is 6.30. The van der Waals surface area contributed by atoms with Gasteiger partial charge in [-0.1, -0.05) is 0 Å². The number of hydrogen-bond donors (Lipinski definition) is 1. The van der Waals surface area contributed by atoms with Crippen LogP contribution < -0.4 is 5.73 Å². The minimum atomic E-state index is -1.20. The smallest absolute Gasteiger partial charge is 0.426 e. The van der Waals surface area contributed by atoms with Gasteiger partial charge in [-0.25, -0.2) is 9.59 Å². The molecule has 0 aliphatic heterocycles. The Morgan fingerprint density at radius 1 is 1.00 bits per heavy atom. The molecule has 0 fully saturated rings. The van der Waals surface area contributed by atoms with Gasteiger partial charge < -0.3 is 15.2 Å². The standard InChI is InChI=1S/C9H14N2O6/c1-3-16-8(14)11(9(15)17-4-2)7(13)5-6(10)12/h3-5H2,1-2H3,(H2,10,12). The molecule has 0 saturated carbocycles. The van der Waals surface area contributed by atoms with Crippen LogP contribution in [-0.4, -0.2) is 42.1 Å². The lowest BCUT2D eigenvalue weighted by Crippen LogP contribution is -2.43. The van der Waals surface area contributed by atoms with Gasteiger partial charge in [0.2, 0.25) is 5.91 Å². The highest BCUT2D eigenvalue weighted by molar-refractivity contribution is 6.11. The lowest BCUT2D eigenvalue weighted by molar-refractivity contribution is -0.132. The highest BCUT2D eigenvalue weighted by atomic mass is 16.6. The first kappa shape index (κ1) is 14.9. The van der Waals surface area contributed by atoms with E-state index in [4.69, 9.17) is 5.73 Å². The summed E-state index contributed by atoms with van der Waals surface area (Å²) < 4.78 is 8.97. The minimum absolute atomic E-state index is 0.0292. The molecule has 2 N–H and O–H groups in total. The predicted octanol–water partition coefficient (Wildman–Crippen LogP) is 0.00340. The summed E-state index contributed by atoms with van der Waals surface area (Å²) in [6, 6.07) is 0. The molecule has 0 heterocycles. The maximum absolute atomic E-state index is 11.4. The molecule has 0 aliphatic rings. The number of amides is 4. The number of nitrogens with zero attached hydrogens (tertiary/aromatic N) is 1. The molecule has 0 spiro atoms. The molecular weight excluding hydrogens is 232 g/mol. The summed E-state index contributed by atoms with van der Waals surface area (Å²) in [6.45, 7) is 2.94. The van der Waals surface area contributed by atoms with Crippen LogP contribution in [0.15, 0.2) is 0 Å². The molecule has 0 unspecified atom stereocenters. The van der Waals surface area contributed by atoms with Crippen molar-refractivity contribution in [1.29, 1.82) is 0 Å². The van der Waals surface area contributed by atoms with E-state index >= 15 is 0 Å². The van der Waals surface area contributed by atoms with Crippen LogP contribution in [-0.2, 0) is 19.1 Å². The van der Waals surface area contributed by atoms with Gasteiger partial charge in [0.25, 0.3) is 5.91 Å². The SMILES string of the molecule is CCOC(=O)N(C(=O)CC(N)=O)C(=O)OCC. The summed E-state index contributed by atoms with van der Waals surface area (Å²) in [5.41, 5.74) is 4.79. The number of rotatable bonds is 4. The maximum Gasteiger partial charge on any atom is 0.426 e.